The molecular formula is C17H26N2. The molecule has 0 saturated carbocycles. The highest BCUT2D eigenvalue weighted by Gasteiger charge is 2.31. The average Bonchev–Trinajstić information content (AvgIpc) is 2.82. The van der Waals surface area contributed by atoms with Gasteiger partial charge in [-0.15, -0.1) is 0 Å². The van der Waals surface area contributed by atoms with Crippen molar-refractivity contribution in [1.82, 2.24) is 10.2 Å². The molecule has 0 amide bonds. The number of aryl methyl sites for hydroxylation is 2. The summed E-state index contributed by atoms with van der Waals surface area (Å²) < 4.78 is 0. The van der Waals surface area contributed by atoms with Gasteiger partial charge in [-0.25, -0.2) is 0 Å². The minimum Gasteiger partial charge on any atom is -0.319 e. The zero-order valence-corrected chi connectivity index (χ0v) is 12.3. The van der Waals surface area contributed by atoms with Crippen molar-refractivity contribution in [3.63, 3.8) is 0 Å². The first-order chi connectivity index (χ1) is 9.28. The third-order valence-electron chi connectivity index (χ3n) is 4.83. The SMILES string of the molecule is CNCC1CCCN(C2CCc3ccc(C)cc32)C1. The van der Waals surface area contributed by atoms with Gasteiger partial charge in [0.2, 0.25) is 0 Å². The van der Waals surface area contributed by atoms with E-state index in [1.165, 1.54) is 50.9 Å². The first-order valence-corrected chi connectivity index (χ1v) is 7.76. The quantitative estimate of drug-likeness (QED) is 0.897. The second-order valence-electron chi connectivity index (χ2n) is 6.32. The van der Waals surface area contributed by atoms with Gasteiger partial charge >= 0.3 is 0 Å². The Labute approximate surface area is 117 Å². The Morgan fingerprint density at radius 1 is 1.32 bits per heavy atom. The lowest BCUT2D eigenvalue weighted by molar-refractivity contribution is 0.122. The summed E-state index contributed by atoms with van der Waals surface area (Å²) in [6, 6.07) is 7.73. The van der Waals surface area contributed by atoms with E-state index in [2.05, 4.69) is 42.4 Å². The van der Waals surface area contributed by atoms with Crippen LogP contribution in [0.2, 0.25) is 0 Å². The second-order valence-corrected chi connectivity index (χ2v) is 6.32. The van der Waals surface area contributed by atoms with Gasteiger partial charge in [-0.1, -0.05) is 23.8 Å². The van der Waals surface area contributed by atoms with Crippen LogP contribution in [0.3, 0.4) is 0 Å². The molecule has 1 aromatic carbocycles. The predicted molar refractivity (Wildman–Crippen MR) is 80.5 cm³/mol. The Hall–Kier alpha value is -0.860. The summed E-state index contributed by atoms with van der Waals surface area (Å²) in [5.41, 5.74) is 4.62. The monoisotopic (exact) mass is 258 g/mol. The molecule has 0 aromatic heterocycles. The Kier molecular flexibility index (Phi) is 3.90. The average molecular weight is 258 g/mol. The van der Waals surface area contributed by atoms with E-state index in [-0.39, 0.29) is 0 Å². The number of hydrogen-bond donors (Lipinski definition) is 1. The largest absolute Gasteiger partial charge is 0.319 e. The van der Waals surface area contributed by atoms with Crippen molar-refractivity contribution in [2.75, 3.05) is 26.7 Å². The third-order valence-corrected chi connectivity index (χ3v) is 4.83. The summed E-state index contributed by atoms with van der Waals surface area (Å²) in [5.74, 6) is 0.840. The lowest BCUT2D eigenvalue weighted by Crippen LogP contribution is -2.40. The maximum atomic E-state index is 3.35. The van der Waals surface area contributed by atoms with Gasteiger partial charge in [0, 0.05) is 12.6 Å². The highest BCUT2D eigenvalue weighted by Crippen LogP contribution is 2.38. The smallest absolute Gasteiger partial charge is 0.0354 e. The van der Waals surface area contributed by atoms with E-state index in [4.69, 9.17) is 0 Å². The molecule has 2 atom stereocenters. The number of nitrogens with zero attached hydrogens (tertiary/aromatic N) is 1. The molecule has 0 bridgehead atoms. The van der Waals surface area contributed by atoms with Crippen LogP contribution in [0.15, 0.2) is 18.2 Å². The molecule has 1 saturated heterocycles. The summed E-state index contributed by atoms with van der Waals surface area (Å²) >= 11 is 0. The summed E-state index contributed by atoms with van der Waals surface area (Å²) in [4.78, 5) is 2.75. The molecule has 1 aliphatic carbocycles. The number of hydrogen-bond acceptors (Lipinski definition) is 2. The van der Waals surface area contributed by atoms with Crippen LogP contribution in [-0.2, 0) is 6.42 Å². The van der Waals surface area contributed by atoms with Crippen molar-refractivity contribution < 1.29 is 0 Å². The molecule has 2 unspecified atom stereocenters. The fraction of sp³-hybridized carbons (Fsp3) is 0.647. The minimum absolute atomic E-state index is 0.689. The molecule has 2 aliphatic rings. The Morgan fingerprint density at radius 2 is 2.21 bits per heavy atom. The fourth-order valence-corrected chi connectivity index (χ4v) is 3.91. The zero-order valence-electron chi connectivity index (χ0n) is 12.3. The molecule has 2 heteroatoms. The second kappa shape index (κ2) is 5.64. The molecule has 0 radical (unpaired) electrons. The van der Waals surface area contributed by atoms with Crippen molar-refractivity contribution in [3.05, 3.63) is 34.9 Å². The maximum absolute atomic E-state index is 3.35. The lowest BCUT2D eigenvalue weighted by Gasteiger charge is -2.37. The number of fused-ring (bicyclic) bond motifs is 1. The summed E-state index contributed by atoms with van der Waals surface area (Å²) in [6.07, 6.45) is 5.35. The van der Waals surface area contributed by atoms with Crippen LogP contribution in [0.1, 0.15) is 42.0 Å². The first kappa shape index (κ1) is 13.1. The highest BCUT2D eigenvalue weighted by molar-refractivity contribution is 5.37. The fourth-order valence-electron chi connectivity index (χ4n) is 3.91. The van der Waals surface area contributed by atoms with Crippen LogP contribution < -0.4 is 5.32 Å². The summed E-state index contributed by atoms with van der Waals surface area (Å²) in [7, 11) is 2.08. The number of nitrogens with one attached hydrogen (secondary N) is 1. The van der Waals surface area contributed by atoms with Crippen LogP contribution in [0.4, 0.5) is 0 Å². The Morgan fingerprint density at radius 3 is 3.05 bits per heavy atom. The molecular weight excluding hydrogens is 232 g/mol. The Bertz CT molecular complexity index is 439. The van der Waals surface area contributed by atoms with Crippen molar-refractivity contribution in [2.24, 2.45) is 5.92 Å². The molecule has 104 valence electrons. The van der Waals surface area contributed by atoms with E-state index in [0.29, 0.717) is 6.04 Å². The molecule has 1 N–H and O–H groups in total. The molecule has 1 fully saturated rings. The van der Waals surface area contributed by atoms with Crippen molar-refractivity contribution in [2.45, 2.75) is 38.6 Å². The maximum Gasteiger partial charge on any atom is 0.0354 e. The number of likely N-dealkylation sites (tertiary alicyclic amines) is 1. The highest BCUT2D eigenvalue weighted by atomic mass is 15.2. The van der Waals surface area contributed by atoms with Crippen LogP contribution in [0, 0.1) is 12.8 Å². The zero-order chi connectivity index (χ0) is 13.2. The van der Waals surface area contributed by atoms with E-state index in [9.17, 15) is 0 Å². The standard InChI is InChI=1S/C17H26N2/c1-13-5-6-15-7-8-17(16(15)10-13)19-9-3-4-14(12-19)11-18-2/h5-6,10,14,17-18H,3-4,7-9,11-12H2,1-2H3. The topological polar surface area (TPSA) is 15.3 Å². The third kappa shape index (κ3) is 2.70. The molecule has 0 spiro atoms. The normalized spacial score (nSPS) is 27.5. The molecule has 3 rings (SSSR count). The molecule has 1 aliphatic heterocycles. The van der Waals surface area contributed by atoms with E-state index < -0.39 is 0 Å². The van der Waals surface area contributed by atoms with Gasteiger partial charge in [0.05, 0.1) is 0 Å². The lowest BCUT2D eigenvalue weighted by atomic mass is 9.95. The number of rotatable bonds is 3. The van der Waals surface area contributed by atoms with Gasteiger partial charge in [0.1, 0.15) is 0 Å². The van der Waals surface area contributed by atoms with E-state index in [1.54, 1.807) is 11.1 Å². The van der Waals surface area contributed by atoms with Crippen LogP contribution >= 0.6 is 0 Å². The predicted octanol–water partition coefficient (Wildman–Crippen LogP) is 2.91. The summed E-state index contributed by atoms with van der Waals surface area (Å²) in [6.45, 7) is 5.96. The van der Waals surface area contributed by atoms with Crippen LogP contribution in [0.5, 0.6) is 0 Å². The van der Waals surface area contributed by atoms with E-state index in [0.717, 1.165) is 5.92 Å². The van der Waals surface area contributed by atoms with E-state index in [1.807, 2.05) is 0 Å². The van der Waals surface area contributed by atoms with Crippen molar-refractivity contribution >= 4 is 0 Å². The minimum atomic E-state index is 0.689. The molecule has 1 aromatic rings. The number of benzene rings is 1. The van der Waals surface area contributed by atoms with Gasteiger partial charge in [0.25, 0.3) is 0 Å². The van der Waals surface area contributed by atoms with Crippen molar-refractivity contribution in [1.29, 1.82) is 0 Å². The Balaban J connectivity index is 1.75. The van der Waals surface area contributed by atoms with Crippen LogP contribution in [0.25, 0.3) is 0 Å². The molecule has 19 heavy (non-hydrogen) atoms. The van der Waals surface area contributed by atoms with Crippen molar-refractivity contribution in [3.8, 4) is 0 Å². The van der Waals surface area contributed by atoms with Gasteiger partial charge in [-0.3, -0.25) is 4.90 Å². The van der Waals surface area contributed by atoms with Crippen LogP contribution in [-0.4, -0.2) is 31.6 Å². The molecule has 1 heterocycles. The number of piperidine rings is 1. The van der Waals surface area contributed by atoms with Gasteiger partial charge < -0.3 is 5.32 Å². The van der Waals surface area contributed by atoms with Gasteiger partial charge in [-0.2, -0.15) is 0 Å². The van der Waals surface area contributed by atoms with Gasteiger partial charge in [-0.05, 0) is 69.8 Å². The first-order valence-electron chi connectivity index (χ1n) is 7.76. The molecule has 2 nitrogen and oxygen atoms in total. The summed E-state index contributed by atoms with van der Waals surface area (Å²) in [5, 5.41) is 3.35. The van der Waals surface area contributed by atoms with Gasteiger partial charge in [0.15, 0.2) is 0 Å². The van der Waals surface area contributed by atoms with E-state index >= 15 is 0 Å².